The molecule has 0 saturated carbocycles. The van der Waals surface area contributed by atoms with E-state index >= 15 is 0 Å². The number of rotatable bonds is 1. The van der Waals surface area contributed by atoms with Crippen molar-refractivity contribution in [3.8, 4) is 0 Å². The highest BCUT2D eigenvalue weighted by atomic mass is 16.5. The van der Waals surface area contributed by atoms with Crippen LogP contribution in [-0.4, -0.2) is 11.7 Å². The molecule has 0 aromatic carbocycles. The minimum absolute atomic E-state index is 0.170. The molecule has 1 heterocycles. The SMILES string of the molecule is CC1=CC[C@]2(C(C)C)C[C@H]1[C@@H](C)O2. The van der Waals surface area contributed by atoms with E-state index in [2.05, 4.69) is 33.8 Å². The molecule has 0 N–H and O–H groups in total. The van der Waals surface area contributed by atoms with E-state index in [0.717, 1.165) is 6.42 Å². The molecule has 0 unspecified atom stereocenters. The molecule has 1 saturated heterocycles. The Labute approximate surface area is 81.2 Å². The van der Waals surface area contributed by atoms with Crippen LogP contribution in [-0.2, 0) is 4.74 Å². The van der Waals surface area contributed by atoms with Gasteiger partial charge >= 0.3 is 0 Å². The van der Waals surface area contributed by atoms with E-state index in [4.69, 9.17) is 4.74 Å². The molecule has 0 aromatic rings. The van der Waals surface area contributed by atoms with Crippen LogP contribution in [0.2, 0.25) is 0 Å². The van der Waals surface area contributed by atoms with E-state index in [-0.39, 0.29) is 5.60 Å². The third-order valence-corrected chi connectivity index (χ3v) is 3.96. The van der Waals surface area contributed by atoms with Crippen LogP contribution in [0.5, 0.6) is 0 Å². The standard InChI is InChI=1S/C12H20O/c1-8(2)12-6-5-9(3)11(7-12)10(4)13-12/h5,8,10-11H,6-7H2,1-4H3/t10-,11-,12-/m1/s1. The highest BCUT2D eigenvalue weighted by Crippen LogP contribution is 2.48. The van der Waals surface area contributed by atoms with Crippen molar-refractivity contribution in [3.63, 3.8) is 0 Å². The van der Waals surface area contributed by atoms with E-state index < -0.39 is 0 Å². The lowest BCUT2D eigenvalue weighted by Crippen LogP contribution is -2.35. The monoisotopic (exact) mass is 180 g/mol. The van der Waals surface area contributed by atoms with E-state index in [1.807, 2.05) is 0 Å². The lowest BCUT2D eigenvalue weighted by Gasteiger charge is -2.34. The zero-order valence-electron chi connectivity index (χ0n) is 9.13. The van der Waals surface area contributed by atoms with Crippen LogP contribution in [0.15, 0.2) is 11.6 Å². The van der Waals surface area contributed by atoms with Crippen molar-refractivity contribution in [2.45, 2.75) is 52.2 Å². The molecule has 2 rings (SSSR count). The summed E-state index contributed by atoms with van der Waals surface area (Å²) in [7, 11) is 0. The Balaban J connectivity index is 2.29. The Morgan fingerprint density at radius 2 is 2.23 bits per heavy atom. The zero-order valence-corrected chi connectivity index (χ0v) is 9.13. The molecule has 13 heavy (non-hydrogen) atoms. The third-order valence-electron chi connectivity index (χ3n) is 3.96. The summed E-state index contributed by atoms with van der Waals surface area (Å²) in [6.45, 7) is 9.03. The Morgan fingerprint density at radius 3 is 2.85 bits per heavy atom. The lowest BCUT2D eigenvalue weighted by molar-refractivity contribution is -0.0628. The van der Waals surface area contributed by atoms with Gasteiger partial charge in [-0.25, -0.2) is 0 Å². The molecule has 2 aliphatic rings. The summed E-state index contributed by atoms with van der Waals surface area (Å²) in [6.07, 6.45) is 5.18. The quantitative estimate of drug-likeness (QED) is 0.563. The van der Waals surface area contributed by atoms with Crippen LogP contribution in [0.25, 0.3) is 0 Å². The topological polar surface area (TPSA) is 9.23 Å². The van der Waals surface area contributed by atoms with Crippen molar-refractivity contribution in [1.82, 2.24) is 0 Å². The molecule has 1 heteroatoms. The van der Waals surface area contributed by atoms with E-state index in [0.29, 0.717) is 17.9 Å². The van der Waals surface area contributed by atoms with Crippen molar-refractivity contribution < 1.29 is 4.74 Å². The van der Waals surface area contributed by atoms with Gasteiger partial charge in [0, 0.05) is 5.92 Å². The van der Waals surface area contributed by atoms with E-state index in [1.165, 1.54) is 6.42 Å². The van der Waals surface area contributed by atoms with Gasteiger partial charge in [-0.3, -0.25) is 0 Å². The maximum Gasteiger partial charge on any atom is 0.0750 e. The highest BCUT2D eigenvalue weighted by molar-refractivity contribution is 5.18. The van der Waals surface area contributed by atoms with E-state index in [9.17, 15) is 0 Å². The number of ether oxygens (including phenoxy) is 1. The number of hydrogen-bond donors (Lipinski definition) is 0. The summed E-state index contributed by atoms with van der Waals surface area (Å²) in [6, 6.07) is 0. The van der Waals surface area contributed by atoms with Crippen LogP contribution in [0.3, 0.4) is 0 Å². The summed E-state index contributed by atoms with van der Waals surface area (Å²) in [4.78, 5) is 0. The van der Waals surface area contributed by atoms with Crippen molar-refractivity contribution in [2.24, 2.45) is 11.8 Å². The fourth-order valence-corrected chi connectivity index (χ4v) is 2.79. The Kier molecular flexibility index (Phi) is 2.03. The van der Waals surface area contributed by atoms with Gasteiger partial charge in [0.1, 0.15) is 0 Å². The molecule has 3 atom stereocenters. The van der Waals surface area contributed by atoms with Crippen molar-refractivity contribution in [3.05, 3.63) is 11.6 Å². The minimum atomic E-state index is 0.170. The first-order chi connectivity index (χ1) is 6.05. The second-order valence-corrected chi connectivity index (χ2v) is 5.01. The van der Waals surface area contributed by atoms with Crippen LogP contribution in [0.4, 0.5) is 0 Å². The fourth-order valence-electron chi connectivity index (χ4n) is 2.79. The van der Waals surface area contributed by atoms with Gasteiger partial charge in [0.05, 0.1) is 11.7 Å². The first-order valence-corrected chi connectivity index (χ1v) is 5.39. The van der Waals surface area contributed by atoms with Gasteiger partial charge in [-0.15, -0.1) is 0 Å². The average molecular weight is 180 g/mol. The molecule has 0 radical (unpaired) electrons. The Bertz CT molecular complexity index is 242. The summed E-state index contributed by atoms with van der Waals surface area (Å²) in [5, 5.41) is 0. The molecule has 1 aliphatic carbocycles. The van der Waals surface area contributed by atoms with Gasteiger partial charge in [0.2, 0.25) is 0 Å². The van der Waals surface area contributed by atoms with Crippen LogP contribution in [0, 0.1) is 11.8 Å². The van der Waals surface area contributed by atoms with Gasteiger partial charge in [-0.1, -0.05) is 25.5 Å². The summed E-state index contributed by atoms with van der Waals surface area (Å²) in [5.41, 5.74) is 1.71. The maximum absolute atomic E-state index is 6.15. The molecule has 0 amide bonds. The molecular formula is C12H20O. The highest BCUT2D eigenvalue weighted by Gasteiger charge is 2.48. The Morgan fingerprint density at radius 1 is 1.54 bits per heavy atom. The number of fused-ring (bicyclic) bond motifs is 2. The second-order valence-electron chi connectivity index (χ2n) is 5.01. The summed E-state index contributed by atoms with van der Waals surface area (Å²) < 4.78 is 6.15. The maximum atomic E-state index is 6.15. The first kappa shape index (κ1) is 9.26. The van der Waals surface area contributed by atoms with Gasteiger partial charge in [-0.2, -0.15) is 0 Å². The zero-order chi connectivity index (χ0) is 9.64. The normalized spacial score (nSPS) is 43.9. The molecule has 0 spiro atoms. The molecule has 74 valence electrons. The van der Waals surface area contributed by atoms with Gasteiger partial charge in [-0.05, 0) is 32.6 Å². The first-order valence-electron chi connectivity index (χ1n) is 5.39. The number of hydrogen-bond acceptors (Lipinski definition) is 1. The largest absolute Gasteiger partial charge is 0.371 e. The third kappa shape index (κ3) is 1.25. The van der Waals surface area contributed by atoms with Gasteiger partial charge in [0.15, 0.2) is 0 Å². The molecule has 1 nitrogen and oxygen atoms in total. The summed E-state index contributed by atoms with van der Waals surface area (Å²) in [5.74, 6) is 1.33. The van der Waals surface area contributed by atoms with Crippen molar-refractivity contribution in [2.75, 3.05) is 0 Å². The predicted octanol–water partition coefficient (Wildman–Crippen LogP) is 3.16. The van der Waals surface area contributed by atoms with Crippen LogP contribution >= 0.6 is 0 Å². The van der Waals surface area contributed by atoms with Gasteiger partial charge in [0.25, 0.3) is 0 Å². The molecular weight excluding hydrogens is 160 g/mol. The Hall–Kier alpha value is -0.300. The van der Waals surface area contributed by atoms with Crippen molar-refractivity contribution >= 4 is 0 Å². The molecule has 1 fully saturated rings. The lowest BCUT2D eigenvalue weighted by atomic mass is 9.75. The molecule has 2 bridgehead atoms. The van der Waals surface area contributed by atoms with Crippen LogP contribution < -0.4 is 0 Å². The minimum Gasteiger partial charge on any atom is -0.371 e. The smallest absolute Gasteiger partial charge is 0.0750 e. The fraction of sp³-hybridized carbons (Fsp3) is 0.833. The summed E-state index contributed by atoms with van der Waals surface area (Å²) >= 11 is 0. The predicted molar refractivity (Wildman–Crippen MR) is 54.6 cm³/mol. The van der Waals surface area contributed by atoms with Crippen molar-refractivity contribution in [1.29, 1.82) is 0 Å². The second kappa shape index (κ2) is 2.84. The van der Waals surface area contributed by atoms with E-state index in [1.54, 1.807) is 5.57 Å². The molecule has 0 aromatic heterocycles. The average Bonchev–Trinajstić information content (AvgIpc) is 2.35. The van der Waals surface area contributed by atoms with Gasteiger partial charge < -0.3 is 4.74 Å². The molecule has 1 aliphatic heterocycles. The van der Waals surface area contributed by atoms with Crippen LogP contribution in [0.1, 0.15) is 40.5 Å².